The second-order valence-corrected chi connectivity index (χ2v) is 2.95. The van der Waals surface area contributed by atoms with Crippen LogP contribution in [-0.2, 0) is 23.7 Å². The van der Waals surface area contributed by atoms with E-state index in [0.717, 1.165) is 0 Å². The maximum absolute atomic E-state index is 11.0. The van der Waals surface area contributed by atoms with E-state index in [0.29, 0.717) is 26.2 Å². The van der Waals surface area contributed by atoms with Crippen LogP contribution in [0.2, 0.25) is 0 Å². The van der Waals surface area contributed by atoms with E-state index in [-0.39, 0.29) is 19.0 Å². The molecule has 0 radical (unpaired) electrons. The summed E-state index contributed by atoms with van der Waals surface area (Å²) < 4.78 is 20.8. The molecule has 1 spiro atoms. The summed E-state index contributed by atoms with van der Waals surface area (Å²) in [7, 11) is 0. The highest BCUT2D eigenvalue weighted by Crippen LogP contribution is 2.27. The van der Waals surface area contributed by atoms with Crippen LogP contribution in [0, 0.1) is 0 Å². The maximum atomic E-state index is 11.0. The number of ether oxygens (including phenoxy) is 4. The minimum Gasteiger partial charge on any atom is -0.463 e. The fourth-order valence-corrected chi connectivity index (χ4v) is 1.42. The van der Waals surface area contributed by atoms with E-state index in [1.54, 1.807) is 0 Å². The van der Waals surface area contributed by atoms with Crippen molar-refractivity contribution >= 4 is 5.97 Å². The van der Waals surface area contributed by atoms with Crippen molar-refractivity contribution in [2.45, 2.75) is 18.8 Å². The van der Waals surface area contributed by atoms with Crippen LogP contribution in [0.25, 0.3) is 0 Å². The number of carbonyl (C=O) groups excluding carboxylic acids is 1. The summed E-state index contributed by atoms with van der Waals surface area (Å²) in [5, 5.41) is 0. The predicted molar refractivity (Wildman–Crippen MR) is 40.8 cm³/mol. The first-order chi connectivity index (χ1) is 6.31. The Morgan fingerprint density at radius 3 is 2.31 bits per heavy atom. The van der Waals surface area contributed by atoms with Crippen molar-refractivity contribution in [1.29, 1.82) is 0 Å². The molecule has 0 unspecified atom stereocenters. The fraction of sp³-hybridized carbons (Fsp3) is 0.875. The summed E-state index contributed by atoms with van der Waals surface area (Å²) in [5.74, 6) is -1.19. The lowest BCUT2D eigenvalue weighted by Gasteiger charge is -2.28. The van der Waals surface area contributed by atoms with Gasteiger partial charge in [-0.05, 0) is 0 Å². The SMILES string of the molecule is O=C1CCC2(OCCO1)OCCO2. The highest BCUT2D eigenvalue weighted by Gasteiger charge is 2.39. The molecule has 2 heterocycles. The number of esters is 1. The van der Waals surface area contributed by atoms with Crippen LogP contribution in [0.15, 0.2) is 0 Å². The lowest BCUT2D eigenvalue weighted by molar-refractivity contribution is -0.339. The highest BCUT2D eigenvalue weighted by molar-refractivity contribution is 5.69. The van der Waals surface area contributed by atoms with Gasteiger partial charge in [-0.15, -0.1) is 0 Å². The molecule has 2 fully saturated rings. The monoisotopic (exact) mass is 188 g/mol. The summed E-state index contributed by atoms with van der Waals surface area (Å²) in [6.45, 7) is 1.64. The molecule has 5 nitrogen and oxygen atoms in total. The number of hydrogen-bond acceptors (Lipinski definition) is 5. The average molecular weight is 188 g/mol. The van der Waals surface area contributed by atoms with E-state index >= 15 is 0 Å². The molecule has 2 aliphatic heterocycles. The third-order valence-electron chi connectivity index (χ3n) is 2.03. The van der Waals surface area contributed by atoms with Gasteiger partial charge in [0.05, 0.1) is 26.2 Å². The highest BCUT2D eigenvalue weighted by atomic mass is 16.9. The van der Waals surface area contributed by atoms with E-state index in [1.807, 2.05) is 0 Å². The summed E-state index contributed by atoms with van der Waals surface area (Å²) in [6, 6.07) is 0. The molecule has 5 heteroatoms. The van der Waals surface area contributed by atoms with Crippen LogP contribution in [0.3, 0.4) is 0 Å². The van der Waals surface area contributed by atoms with Crippen LogP contribution in [0.4, 0.5) is 0 Å². The smallest absolute Gasteiger partial charge is 0.306 e. The van der Waals surface area contributed by atoms with Crippen LogP contribution in [0.5, 0.6) is 0 Å². The Kier molecular flexibility index (Phi) is 2.48. The Morgan fingerprint density at radius 1 is 1.00 bits per heavy atom. The van der Waals surface area contributed by atoms with Crippen molar-refractivity contribution in [3.63, 3.8) is 0 Å². The van der Waals surface area contributed by atoms with Crippen LogP contribution >= 0.6 is 0 Å². The Morgan fingerprint density at radius 2 is 1.62 bits per heavy atom. The first kappa shape index (κ1) is 8.93. The summed E-state index contributed by atoms with van der Waals surface area (Å²) in [6.07, 6.45) is 0.686. The second kappa shape index (κ2) is 3.61. The van der Waals surface area contributed by atoms with Crippen molar-refractivity contribution in [2.24, 2.45) is 0 Å². The van der Waals surface area contributed by atoms with Gasteiger partial charge in [-0.1, -0.05) is 0 Å². The first-order valence-corrected chi connectivity index (χ1v) is 4.38. The summed E-state index contributed by atoms with van der Waals surface area (Å²) >= 11 is 0. The van der Waals surface area contributed by atoms with E-state index in [4.69, 9.17) is 18.9 Å². The van der Waals surface area contributed by atoms with Crippen molar-refractivity contribution in [2.75, 3.05) is 26.4 Å². The van der Waals surface area contributed by atoms with Gasteiger partial charge in [0.25, 0.3) is 5.97 Å². The molecule has 2 rings (SSSR count). The van der Waals surface area contributed by atoms with Crippen LogP contribution in [0.1, 0.15) is 12.8 Å². The van der Waals surface area contributed by atoms with Gasteiger partial charge < -0.3 is 18.9 Å². The number of rotatable bonds is 0. The second-order valence-electron chi connectivity index (χ2n) is 2.95. The van der Waals surface area contributed by atoms with Crippen molar-refractivity contribution < 1.29 is 23.7 Å². The molecular weight excluding hydrogens is 176 g/mol. The molecule has 0 saturated carbocycles. The normalized spacial score (nSPS) is 28.2. The molecule has 0 aliphatic carbocycles. The lowest BCUT2D eigenvalue weighted by Crippen LogP contribution is -2.37. The molecule has 13 heavy (non-hydrogen) atoms. The van der Waals surface area contributed by atoms with Crippen molar-refractivity contribution in [1.82, 2.24) is 0 Å². The molecule has 2 saturated heterocycles. The van der Waals surface area contributed by atoms with E-state index in [1.165, 1.54) is 0 Å². The van der Waals surface area contributed by atoms with Gasteiger partial charge in [-0.25, -0.2) is 0 Å². The third kappa shape index (κ3) is 1.99. The molecule has 0 aromatic rings. The maximum Gasteiger partial charge on any atom is 0.306 e. The first-order valence-electron chi connectivity index (χ1n) is 4.38. The van der Waals surface area contributed by atoms with Crippen molar-refractivity contribution in [3.8, 4) is 0 Å². The largest absolute Gasteiger partial charge is 0.463 e. The van der Waals surface area contributed by atoms with Gasteiger partial charge in [0.1, 0.15) is 6.61 Å². The van der Waals surface area contributed by atoms with Gasteiger partial charge in [0.15, 0.2) is 0 Å². The molecule has 0 aromatic carbocycles. The van der Waals surface area contributed by atoms with Gasteiger partial charge in [0.2, 0.25) is 0 Å². The summed E-state index contributed by atoms with van der Waals surface area (Å²) in [4.78, 5) is 11.0. The number of carbonyl (C=O) groups is 1. The minimum atomic E-state index is -0.973. The minimum absolute atomic E-state index is 0.221. The topological polar surface area (TPSA) is 54.0 Å². The zero-order valence-electron chi connectivity index (χ0n) is 7.28. The van der Waals surface area contributed by atoms with E-state index < -0.39 is 5.97 Å². The van der Waals surface area contributed by atoms with Gasteiger partial charge in [0, 0.05) is 6.42 Å². The van der Waals surface area contributed by atoms with Gasteiger partial charge in [-0.3, -0.25) is 4.79 Å². The van der Waals surface area contributed by atoms with E-state index in [9.17, 15) is 4.79 Å². The quantitative estimate of drug-likeness (QED) is 0.502. The molecule has 2 aliphatic rings. The van der Waals surface area contributed by atoms with Crippen molar-refractivity contribution in [3.05, 3.63) is 0 Å². The molecular formula is C8H12O5. The molecule has 0 amide bonds. The molecule has 0 bridgehead atoms. The molecule has 0 atom stereocenters. The Balaban J connectivity index is 1.97. The number of hydrogen-bond donors (Lipinski definition) is 0. The molecule has 74 valence electrons. The van der Waals surface area contributed by atoms with Gasteiger partial charge in [-0.2, -0.15) is 0 Å². The summed E-state index contributed by atoms with van der Waals surface area (Å²) in [5.41, 5.74) is 0. The average Bonchev–Trinajstić information content (AvgIpc) is 2.56. The van der Waals surface area contributed by atoms with Crippen LogP contribution < -0.4 is 0 Å². The van der Waals surface area contributed by atoms with Gasteiger partial charge >= 0.3 is 5.97 Å². The van der Waals surface area contributed by atoms with Crippen LogP contribution in [-0.4, -0.2) is 38.4 Å². The predicted octanol–water partition coefficient (Wildman–Crippen LogP) is 0.0406. The van der Waals surface area contributed by atoms with E-state index in [2.05, 4.69) is 0 Å². The third-order valence-corrected chi connectivity index (χ3v) is 2.03. The zero-order valence-corrected chi connectivity index (χ0v) is 7.28. The standard InChI is InChI=1S/C8H12O5/c9-7-1-2-8(11-4-3-10-7)12-5-6-13-8/h1-6H2. The Bertz CT molecular complexity index is 197. The Hall–Kier alpha value is -0.650. The Labute approximate surface area is 75.9 Å². The molecule has 0 N–H and O–H groups in total. The lowest BCUT2D eigenvalue weighted by atomic mass is 10.2. The molecule has 0 aromatic heterocycles. The zero-order chi connectivity index (χ0) is 9.15. The number of cyclic esters (lactones) is 1. The fourth-order valence-electron chi connectivity index (χ4n) is 1.42.